The minimum absolute atomic E-state index is 0.471. The van der Waals surface area contributed by atoms with E-state index < -0.39 is 0 Å². The Labute approximate surface area is 153 Å². The third-order valence-corrected chi connectivity index (χ3v) is 4.46. The SMILES string of the molecule is BrCc1ccc(CBr)c2c1OCCOCCOCCOCCO2. The summed E-state index contributed by atoms with van der Waals surface area (Å²) in [6.07, 6.45) is 0. The number of hydrogen-bond acceptors (Lipinski definition) is 5. The molecule has 2 rings (SSSR count). The van der Waals surface area contributed by atoms with Crippen molar-refractivity contribution >= 4 is 31.9 Å². The molecular formula is C16H22Br2O5. The van der Waals surface area contributed by atoms with Gasteiger partial charge in [-0.15, -0.1) is 0 Å². The molecule has 0 aromatic heterocycles. The van der Waals surface area contributed by atoms with Crippen molar-refractivity contribution in [3.8, 4) is 11.5 Å². The summed E-state index contributed by atoms with van der Waals surface area (Å²) in [5.41, 5.74) is 2.11. The first-order valence-corrected chi connectivity index (χ1v) is 9.86. The topological polar surface area (TPSA) is 46.2 Å². The molecule has 1 aromatic carbocycles. The minimum Gasteiger partial charge on any atom is -0.487 e. The Morgan fingerprint density at radius 3 is 1.30 bits per heavy atom. The maximum atomic E-state index is 5.95. The van der Waals surface area contributed by atoms with Crippen molar-refractivity contribution in [2.45, 2.75) is 10.7 Å². The number of fused-ring (bicyclic) bond motifs is 1. The number of hydrogen-bond donors (Lipinski definition) is 0. The van der Waals surface area contributed by atoms with E-state index in [0.717, 1.165) is 22.6 Å². The van der Waals surface area contributed by atoms with Crippen molar-refractivity contribution in [2.75, 3.05) is 52.9 Å². The summed E-state index contributed by atoms with van der Waals surface area (Å²) in [4.78, 5) is 0. The largest absolute Gasteiger partial charge is 0.487 e. The summed E-state index contributed by atoms with van der Waals surface area (Å²) < 4.78 is 28.3. The standard InChI is InChI=1S/C16H22Br2O5/c17-11-13-1-2-14(12-18)16-15(13)22-9-7-20-5-3-19-4-6-21-8-10-23-16/h1-2H,3-12H2. The Kier molecular flexibility index (Phi) is 9.29. The summed E-state index contributed by atoms with van der Waals surface area (Å²) in [7, 11) is 0. The first-order valence-electron chi connectivity index (χ1n) is 7.62. The lowest BCUT2D eigenvalue weighted by Crippen LogP contribution is -2.13. The molecule has 1 aliphatic rings. The van der Waals surface area contributed by atoms with Gasteiger partial charge in [0, 0.05) is 21.8 Å². The lowest BCUT2D eigenvalue weighted by atomic mass is 10.1. The van der Waals surface area contributed by atoms with Crippen molar-refractivity contribution in [3.63, 3.8) is 0 Å². The van der Waals surface area contributed by atoms with Crippen LogP contribution in [-0.4, -0.2) is 52.9 Å². The van der Waals surface area contributed by atoms with Gasteiger partial charge in [-0.25, -0.2) is 0 Å². The molecule has 0 unspecified atom stereocenters. The molecule has 1 aromatic rings. The van der Waals surface area contributed by atoms with Gasteiger partial charge in [-0.3, -0.25) is 0 Å². The van der Waals surface area contributed by atoms with Crippen molar-refractivity contribution in [2.24, 2.45) is 0 Å². The predicted molar refractivity (Wildman–Crippen MR) is 95.2 cm³/mol. The van der Waals surface area contributed by atoms with E-state index >= 15 is 0 Å². The van der Waals surface area contributed by atoms with Gasteiger partial charge in [-0.2, -0.15) is 0 Å². The first kappa shape index (κ1) is 19.0. The Bertz CT molecular complexity index is 429. The van der Waals surface area contributed by atoms with Crippen molar-refractivity contribution < 1.29 is 23.7 Å². The van der Waals surface area contributed by atoms with Crippen LogP contribution in [0.3, 0.4) is 0 Å². The molecule has 0 aliphatic carbocycles. The van der Waals surface area contributed by atoms with E-state index in [9.17, 15) is 0 Å². The van der Waals surface area contributed by atoms with Gasteiger partial charge < -0.3 is 23.7 Å². The van der Waals surface area contributed by atoms with E-state index in [2.05, 4.69) is 31.9 Å². The number of alkyl halides is 2. The van der Waals surface area contributed by atoms with Gasteiger partial charge in [0.1, 0.15) is 13.2 Å². The van der Waals surface area contributed by atoms with Crippen LogP contribution in [0.4, 0.5) is 0 Å². The maximum absolute atomic E-state index is 5.95. The summed E-state index contributed by atoms with van der Waals surface area (Å²) in [6.45, 7) is 4.21. The number of halogens is 2. The molecule has 1 aliphatic heterocycles. The molecule has 0 radical (unpaired) electrons. The van der Waals surface area contributed by atoms with Crippen LogP contribution in [0.2, 0.25) is 0 Å². The second kappa shape index (κ2) is 11.3. The van der Waals surface area contributed by atoms with Crippen LogP contribution >= 0.6 is 31.9 Å². The van der Waals surface area contributed by atoms with E-state index in [1.165, 1.54) is 0 Å². The van der Waals surface area contributed by atoms with Gasteiger partial charge in [0.25, 0.3) is 0 Å². The summed E-state index contributed by atoms with van der Waals surface area (Å²) in [6, 6.07) is 4.10. The lowest BCUT2D eigenvalue weighted by Gasteiger charge is -2.18. The van der Waals surface area contributed by atoms with Crippen molar-refractivity contribution in [1.29, 1.82) is 0 Å². The van der Waals surface area contributed by atoms with Crippen molar-refractivity contribution in [3.05, 3.63) is 23.3 Å². The fourth-order valence-corrected chi connectivity index (χ4v) is 3.00. The average molecular weight is 454 g/mol. The van der Waals surface area contributed by atoms with Crippen molar-refractivity contribution in [1.82, 2.24) is 0 Å². The Balaban J connectivity index is 2.14. The van der Waals surface area contributed by atoms with Gasteiger partial charge in [0.15, 0.2) is 11.5 Å². The maximum Gasteiger partial charge on any atom is 0.165 e. The zero-order valence-corrected chi connectivity index (χ0v) is 16.2. The number of rotatable bonds is 2. The Hall–Kier alpha value is -0.340. The molecule has 0 atom stereocenters. The van der Waals surface area contributed by atoms with Gasteiger partial charge in [0.05, 0.1) is 39.6 Å². The average Bonchev–Trinajstić information content (AvgIpc) is 2.59. The highest BCUT2D eigenvalue weighted by molar-refractivity contribution is 9.08. The molecule has 5 nitrogen and oxygen atoms in total. The zero-order chi connectivity index (χ0) is 16.3. The van der Waals surface area contributed by atoms with Crippen LogP contribution in [0.1, 0.15) is 11.1 Å². The Morgan fingerprint density at radius 1 is 0.609 bits per heavy atom. The van der Waals surface area contributed by atoms with E-state index in [4.69, 9.17) is 23.7 Å². The monoisotopic (exact) mass is 452 g/mol. The molecule has 0 amide bonds. The van der Waals surface area contributed by atoms with Crippen LogP contribution in [0.25, 0.3) is 0 Å². The molecule has 130 valence electrons. The van der Waals surface area contributed by atoms with Gasteiger partial charge in [-0.1, -0.05) is 44.0 Å². The van der Waals surface area contributed by atoms with Crippen LogP contribution in [0, 0.1) is 0 Å². The Morgan fingerprint density at radius 2 is 0.957 bits per heavy atom. The van der Waals surface area contributed by atoms with Gasteiger partial charge >= 0.3 is 0 Å². The number of ether oxygens (including phenoxy) is 5. The highest BCUT2D eigenvalue weighted by Crippen LogP contribution is 2.37. The van der Waals surface area contributed by atoms with Crippen LogP contribution < -0.4 is 9.47 Å². The lowest BCUT2D eigenvalue weighted by molar-refractivity contribution is 0.00705. The normalized spacial score (nSPS) is 18.0. The molecule has 1 heterocycles. The van der Waals surface area contributed by atoms with E-state index in [-0.39, 0.29) is 0 Å². The zero-order valence-electron chi connectivity index (χ0n) is 13.0. The van der Waals surface area contributed by atoms with E-state index in [1.54, 1.807) is 0 Å². The fourth-order valence-electron chi connectivity index (χ4n) is 2.12. The summed E-state index contributed by atoms with van der Waals surface area (Å²) >= 11 is 7.01. The molecule has 0 bridgehead atoms. The molecule has 0 N–H and O–H groups in total. The third kappa shape index (κ3) is 6.23. The smallest absolute Gasteiger partial charge is 0.165 e. The minimum atomic E-state index is 0.471. The quantitative estimate of drug-likeness (QED) is 0.643. The molecular weight excluding hydrogens is 432 g/mol. The third-order valence-electron chi connectivity index (χ3n) is 3.26. The van der Waals surface area contributed by atoms with E-state index in [1.807, 2.05) is 12.1 Å². The molecule has 0 saturated heterocycles. The van der Waals surface area contributed by atoms with Gasteiger partial charge in [-0.05, 0) is 0 Å². The fraction of sp³-hybridized carbons (Fsp3) is 0.625. The highest BCUT2D eigenvalue weighted by Gasteiger charge is 2.16. The van der Waals surface area contributed by atoms with Gasteiger partial charge in [0.2, 0.25) is 0 Å². The summed E-state index contributed by atoms with van der Waals surface area (Å²) in [5.74, 6) is 1.54. The highest BCUT2D eigenvalue weighted by atomic mass is 79.9. The van der Waals surface area contributed by atoms with Crippen LogP contribution in [0.5, 0.6) is 11.5 Å². The summed E-state index contributed by atoms with van der Waals surface area (Å²) in [5, 5.41) is 1.40. The molecule has 23 heavy (non-hydrogen) atoms. The molecule has 7 heteroatoms. The number of benzene rings is 1. The molecule has 0 fully saturated rings. The molecule has 0 spiro atoms. The molecule has 0 saturated carbocycles. The van der Waals surface area contributed by atoms with Crippen LogP contribution in [0.15, 0.2) is 12.1 Å². The van der Waals surface area contributed by atoms with Crippen LogP contribution in [-0.2, 0) is 24.9 Å². The second-order valence-corrected chi connectivity index (χ2v) is 5.96. The second-order valence-electron chi connectivity index (χ2n) is 4.84. The van der Waals surface area contributed by atoms with E-state index in [0.29, 0.717) is 63.5 Å². The predicted octanol–water partition coefficient (Wildman–Crippen LogP) is 3.30. The first-order chi connectivity index (χ1) is 11.4.